The molecule has 16 heavy (non-hydrogen) atoms. The van der Waals surface area contributed by atoms with E-state index in [1.54, 1.807) is 0 Å². The van der Waals surface area contributed by atoms with Gasteiger partial charge in [-0.05, 0) is 58.6 Å². The van der Waals surface area contributed by atoms with E-state index in [1.165, 1.54) is 5.56 Å². The van der Waals surface area contributed by atoms with Gasteiger partial charge in [-0.15, -0.1) is 0 Å². The van der Waals surface area contributed by atoms with E-state index in [2.05, 4.69) is 53.0 Å². The van der Waals surface area contributed by atoms with Crippen LogP contribution in [0.2, 0.25) is 5.15 Å². The Morgan fingerprint density at radius 1 is 1.31 bits per heavy atom. The summed E-state index contributed by atoms with van der Waals surface area (Å²) in [4.78, 5) is 4.45. The van der Waals surface area contributed by atoms with Gasteiger partial charge in [0, 0.05) is 9.86 Å². The van der Waals surface area contributed by atoms with Crippen LogP contribution in [-0.2, 0) is 6.42 Å². The van der Waals surface area contributed by atoms with Crippen molar-refractivity contribution in [2.24, 2.45) is 0 Å². The molecule has 0 radical (unpaired) electrons. The molecule has 0 bridgehead atoms. The second-order valence-electron chi connectivity index (χ2n) is 4.01. The minimum absolute atomic E-state index is 0.624. The van der Waals surface area contributed by atoms with Crippen LogP contribution in [0.15, 0.2) is 22.7 Å². The zero-order valence-electron chi connectivity index (χ0n) is 9.35. The number of pyridine rings is 1. The van der Waals surface area contributed by atoms with Gasteiger partial charge in [0.15, 0.2) is 0 Å². The van der Waals surface area contributed by atoms with Crippen molar-refractivity contribution in [3.8, 4) is 0 Å². The molecular formula is C13H13BrClN. The summed E-state index contributed by atoms with van der Waals surface area (Å²) in [6.07, 6.45) is 2.06. The smallest absolute Gasteiger partial charge is 0.133 e. The Hall–Kier alpha value is -0.600. The molecule has 2 aromatic rings. The fourth-order valence-electron chi connectivity index (χ4n) is 1.85. The fraction of sp³-hybridized carbons (Fsp3) is 0.308. The minimum atomic E-state index is 0.624. The van der Waals surface area contributed by atoms with Crippen molar-refractivity contribution < 1.29 is 0 Å². The molecule has 0 spiro atoms. The second kappa shape index (κ2) is 4.72. The third-order valence-corrected chi connectivity index (χ3v) is 3.49. The number of hydrogen-bond donors (Lipinski definition) is 0. The lowest BCUT2D eigenvalue weighted by atomic mass is 10.1. The molecule has 1 aromatic carbocycles. The maximum atomic E-state index is 6.16. The number of aryl methyl sites for hydroxylation is 2. The van der Waals surface area contributed by atoms with E-state index in [1.807, 2.05) is 0 Å². The Kier molecular flexibility index (Phi) is 3.50. The SMILES string of the molecule is CCCc1cc2cc(C)cc(Br)c2nc1Cl. The lowest BCUT2D eigenvalue weighted by Crippen LogP contribution is -1.91. The van der Waals surface area contributed by atoms with Crippen molar-refractivity contribution in [2.75, 3.05) is 0 Å². The number of fused-ring (bicyclic) bond motifs is 1. The van der Waals surface area contributed by atoms with Gasteiger partial charge in [0.25, 0.3) is 0 Å². The van der Waals surface area contributed by atoms with Gasteiger partial charge in [0.1, 0.15) is 5.15 Å². The van der Waals surface area contributed by atoms with E-state index in [-0.39, 0.29) is 0 Å². The van der Waals surface area contributed by atoms with Crippen LogP contribution in [0.5, 0.6) is 0 Å². The summed E-state index contributed by atoms with van der Waals surface area (Å²) >= 11 is 9.69. The predicted molar refractivity (Wildman–Crippen MR) is 73.2 cm³/mol. The first-order chi connectivity index (χ1) is 7.61. The molecule has 1 aromatic heterocycles. The molecule has 3 heteroatoms. The Labute approximate surface area is 109 Å². The molecule has 0 atom stereocenters. The molecule has 0 fully saturated rings. The lowest BCUT2D eigenvalue weighted by Gasteiger charge is -2.07. The number of benzene rings is 1. The molecule has 0 amide bonds. The maximum absolute atomic E-state index is 6.16. The third kappa shape index (κ3) is 2.23. The molecule has 0 saturated carbocycles. The summed E-state index contributed by atoms with van der Waals surface area (Å²) in [5.74, 6) is 0. The van der Waals surface area contributed by atoms with Crippen molar-refractivity contribution >= 4 is 38.4 Å². The van der Waals surface area contributed by atoms with Crippen molar-refractivity contribution in [1.29, 1.82) is 0 Å². The molecule has 84 valence electrons. The zero-order valence-corrected chi connectivity index (χ0v) is 11.7. The summed E-state index contributed by atoms with van der Waals surface area (Å²) in [6, 6.07) is 6.35. The molecule has 0 aliphatic rings. The molecule has 0 aliphatic heterocycles. The van der Waals surface area contributed by atoms with Crippen LogP contribution in [0.1, 0.15) is 24.5 Å². The average molecular weight is 299 g/mol. The van der Waals surface area contributed by atoms with Crippen LogP contribution >= 0.6 is 27.5 Å². The van der Waals surface area contributed by atoms with Gasteiger partial charge in [-0.2, -0.15) is 0 Å². The molecule has 1 nitrogen and oxygen atoms in total. The fourth-order valence-corrected chi connectivity index (χ4v) is 2.76. The summed E-state index contributed by atoms with van der Waals surface area (Å²) in [7, 11) is 0. The van der Waals surface area contributed by atoms with Gasteiger partial charge in [-0.1, -0.05) is 24.9 Å². The first kappa shape index (κ1) is 11.9. The number of halogens is 2. The largest absolute Gasteiger partial charge is 0.235 e. The predicted octanol–water partition coefficient (Wildman–Crippen LogP) is 4.91. The topological polar surface area (TPSA) is 12.9 Å². The monoisotopic (exact) mass is 297 g/mol. The Morgan fingerprint density at radius 2 is 2.06 bits per heavy atom. The number of aromatic nitrogens is 1. The van der Waals surface area contributed by atoms with Crippen LogP contribution in [0, 0.1) is 6.92 Å². The number of nitrogens with zero attached hydrogens (tertiary/aromatic N) is 1. The van der Waals surface area contributed by atoms with Crippen molar-refractivity contribution in [3.63, 3.8) is 0 Å². The highest BCUT2D eigenvalue weighted by Gasteiger charge is 2.07. The quantitative estimate of drug-likeness (QED) is 0.718. The van der Waals surface area contributed by atoms with Crippen molar-refractivity contribution in [3.05, 3.63) is 39.0 Å². The molecule has 1 heterocycles. The normalized spacial score (nSPS) is 11.0. The van der Waals surface area contributed by atoms with E-state index in [0.29, 0.717) is 5.15 Å². The van der Waals surface area contributed by atoms with Crippen LogP contribution in [0.4, 0.5) is 0 Å². The van der Waals surface area contributed by atoms with Gasteiger partial charge in [0.05, 0.1) is 5.52 Å². The first-order valence-corrected chi connectivity index (χ1v) is 6.54. The highest BCUT2D eigenvalue weighted by molar-refractivity contribution is 9.10. The van der Waals surface area contributed by atoms with Crippen molar-refractivity contribution in [1.82, 2.24) is 4.98 Å². The van der Waals surface area contributed by atoms with E-state index in [0.717, 1.165) is 33.8 Å². The van der Waals surface area contributed by atoms with Gasteiger partial charge in [-0.25, -0.2) is 4.98 Å². The molecule has 0 N–H and O–H groups in total. The molecule has 2 rings (SSSR count). The molecular weight excluding hydrogens is 286 g/mol. The van der Waals surface area contributed by atoms with Crippen LogP contribution < -0.4 is 0 Å². The standard InChI is InChI=1S/C13H13BrClN/c1-3-4-9-7-10-5-8(2)6-11(14)12(10)16-13(9)15/h5-7H,3-4H2,1-2H3. The third-order valence-electron chi connectivity index (χ3n) is 2.56. The van der Waals surface area contributed by atoms with Crippen molar-refractivity contribution in [2.45, 2.75) is 26.7 Å². The Balaban J connectivity index is 2.69. The summed E-state index contributed by atoms with van der Waals surface area (Å²) in [5, 5.41) is 1.78. The minimum Gasteiger partial charge on any atom is -0.235 e. The Morgan fingerprint density at radius 3 is 2.75 bits per heavy atom. The number of hydrogen-bond acceptors (Lipinski definition) is 1. The number of rotatable bonds is 2. The maximum Gasteiger partial charge on any atom is 0.133 e. The first-order valence-electron chi connectivity index (χ1n) is 5.37. The highest BCUT2D eigenvalue weighted by Crippen LogP contribution is 2.28. The van der Waals surface area contributed by atoms with E-state index >= 15 is 0 Å². The molecule has 0 unspecified atom stereocenters. The van der Waals surface area contributed by atoms with Crippen LogP contribution in [-0.4, -0.2) is 4.98 Å². The summed E-state index contributed by atoms with van der Waals surface area (Å²) < 4.78 is 1.01. The second-order valence-corrected chi connectivity index (χ2v) is 5.22. The molecule has 0 aliphatic carbocycles. The van der Waals surface area contributed by atoms with E-state index in [9.17, 15) is 0 Å². The summed E-state index contributed by atoms with van der Waals surface area (Å²) in [5.41, 5.74) is 3.30. The van der Waals surface area contributed by atoms with E-state index in [4.69, 9.17) is 11.6 Å². The van der Waals surface area contributed by atoms with Gasteiger partial charge in [-0.3, -0.25) is 0 Å². The van der Waals surface area contributed by atoms with E-state index < -0.39 is 0 Å². The Bertz CT molecular complexity index is 537. The van der Waals surface area contributed by atoms with Gasteiger partial charge in [0.2, 0.25) is 0 Å². The molecule has 0 saturated heterocycles. The average Bonchev–Trinajstić information content (AvgIpc) is 2.21. The van der Waals surface area contributed by atoms with Crippen LogP contribution in [0.25, 0.3) is 10.9 Å². The van der Waals surface area contributed by atoms with Gasteiger partial charge >= 0.3 is 0 Å². The van der Waals surface area contributed by atoms with Gasteiger partial charge < -0.3 is 0 Å². The van der Waals surface area contributed by atoms with Crippen LogP contribution in [0.3, 0.4) is 0 Å². The summed E-state index contributed by atoms with van der Waals surface area (Å²) in [6.45, 7) is 4.23. The lowest BCUT2D eigenvalue weighted by molar-refractivity contribution is 0.917. The highest BCUT2D eigenvalue weighted by atomic mass is 79.9. The zero-order chi connectivity index (χ0) is 11.7.